The van der Waals surface area contributed by atoms with Crippen molar-refractivity contribution in [3.8, 4) is 5.75 Å². The van der Waals surface area contributed by atoms with E-state index in [0.29, 0.717) is 30.0 Å². The topological polar surface area (TPSA) is 54.5 Å². The Balaban J connectivity index is 1.57. The number of rotatable bonds is 6. The van der Waals surface area contributed by atoms with E-state index in [1.54, 1.807) is 31.0 Å². The van der Waals surface area contributed by atoms with Crippen LogP contribution in [0.3, 0.4) is 0 Å². The Hall–Kier alpha value is -3.29. The summed E-state index contributed by atoms with van der Waals surface area (Å²) in [5, 5.41) is 3.98. The second-order valence-corrected chi connectivity index (χ2v) is 7.95. The number of amides is 1. The number of alkyl halides is 2. The minimum Gasteiger partial charge on any atom is -0.488 e. The van der Waals surface area contributed by atoms with Crippen molar-refractivity contribution in [3.05, 3.63) is 65.6 Å². The number of carbonyl (C=O) groups excluding carboxylic acids is 1. The number of anilines is 1. The molecule has 2 atom stereocenters. The quantitative estimate of drug-likeness (QED) is 0.548. The number of likely N-dealkylation sites (tertiary alicyclic amines) is 1. The van der Waals surface area contributed by atoms with Gasteiger partial charge in [0.15, 0.2) is 0 Å². The number of nitrogens with zero attached hydrogens (tertiary/aromatic N) is 2. The number of aromatic nitrogens is 1. The molecule has 0 spiro atoms. The van der Waals surface area contributed by atoms with Gasteiger partial charge in [-0.15, -0.1) is 0 Å². The highest BCUT2D eigenvalue weighted by Gasteiger charge is 2.26. The molecule has 2 heterocycles. The summed E-state index contributed by atoms with van der Waals surface area (Å²) in [4.78, 5) is 17.7. The molecule has 1 aliphatic heterocycles. The summed E-state index contributed by atoms with van der Waals surface area (Å²) < 4.78 is 46.8. The third-order valence-corrected chi connectivity index (χ3v) is 5.74. The molecule has 1 fully saturated rings. The Morgan fingerprint density at radius 2 is 2.00 bits per heavy atom. The standard InChI is InChI=1S/C24H24F3N3O2/c1-14(18-4-3-5-19(23(18)25)24(26)27)29-22-8-10-28-21-7-6-16(12-20(21)22)32-17-9-11-30(13-17)15(2)31/h3-8,10,12,14,17,24H,9,11,13H2,1-2H3,(H,28,29)/t14-,17+/m1/s1. The van der Waals surface area contributed by atoms with Gasteiger partial charge in [-0.3, -0.25) is 9.78 Å². The molecule has 1 amide bonds. The molecule has 5 nitrogen and oxygen atoms in total. The van der Waals surface area contributed by atoms with Crippen molar-refractivity contribution in [2.75, 3.05) is 18.4 Å². The number of nitrogens with one attached hydrogen (secondary N) is 1. The van der Waals surface area contributed by atoms with Gasteiger partial charge in [0.1, 0.15) is 17.7 Å². The summed E-state index contributed by atoms with van der Waals surface area (Å²) in [6, 6.07) is 10.7. The van der Waals surface area contributed by atoms with Gasteiger partial charge < -0.3 is 15.0 Å². The molecule has 168 valence electrons. The fraction of sp³-hybridized carbons (Fsp3) is 0.333. The monoisotopic (exact) mass is 443 g/mol. The van der Waals surface area contributed by atoms with E-state index in [1.165, 1.54) is 12.1 Å². The van der Waals surface area contributed by atoms with Crippen LogP contribution >= 0.6 is 0 Å². The zero-order valence-corrected chi connectivity index (χ0v) is 17.8. The fourth-order valence-electron chi connectivity index (χ4n) is 4.01. The van der Waals surface area contributed by atoms with Gasteiger partial charge in [-0.1, -0.05) is 18.2 Å². The van der Waals surface area contributed by atoms with Crippen molar-refractivity contribution in [3.63, 3.8) is 0 Å². The van der Waals surface area contributed by atoms with Crippen molar-refractivity contribution in [1.29, 1.82) is 0 Å². The van der Waals surface area contributed by atoms with Crippen LogP contribution in [0.5, 0.6) is 5.75 Å². The summed E-state index contributed by atoms with van der Waals surface area (Å²) >= 11 is 0. The molecule has 1 aromatic heterocycles. The van der Waals surface area contributed by atoms with Gasteiger partial charge >= 0.3 is 0 Å². The predicted molar refractivity (Wildman–Crippen MR) is 116 cm³/mol. The molecule has 1 saturated heterocycles. The molecular formula is C24H24F3N3O2. The highest BCUT2D eigenvalue weighted by Crippen LogP contribution is 2.32. The van der Waals surface area contributed by atoms with E-state index in [4.69, 9.17) is 4.74 Å². The van der Waals surface area contributed by atoms with E-state index in [9.17, 15) is 18.0 Å². The smallest absolute Gasteiger partial charge is 0.266 e. The summed E-state index contributed by atoms with van der Waals surface area (Å²) in [6.07, 6.45) is -0.578. The summed E-state index contributed by atoms with van der Waals surface area (Å²) in [5.74, 6) is -0.231. The molecule has 0 saturated carbocycles. The largest absolute Gasteiger partial charge is 0.488 e. The van der Waals surface area contributed by atoms with Crippen LogP contribution in [0, 0.1) is 5.82 Å². The first-order valence-electron chi connectivity index (χ1n) is 10.5. The molecule has 0 bridgehead atoms. The number of halogens is 3. The van der Waals surface area contributed by atoms with E-state index in [0.717, 1.165) is 17.9 Å². The highest BCUT2D eigenvalue weighted by atomic mass is 19.3. The molecule has 1 aliphatic rings. The summed E-state index contributed by atoms with van der Waals surface area (Å²) in [6.45, 7) is 4.48. The fourth-order valence-corrected chi connectivity index (χ4v) is 4.01. The molecule has 0 radical (unpaired) electrons. The second kappa shape index (κ2) is 9.06. The average Bonchev–Trinajstić information content (AvgIpc) is 3.23. The second-order valence-electron chi connectivity index (χ2n) is 7.95. The van der Waals surface area contributed by atoms with Crippen molar-refractivity contribution in [2.45, 2.75) is 38.8 Å². The number of pyridine rings is 1. The van der Waals surface area contributed by atoms with Crippen LogP contribution in [0.4, 0.5) is 18.9 Å². The lowest BCUT2D eigenvalue weighted by Gasteiger charge is -2.20. The van der Waals surface area contributed by atoms with Crippen molar-refractivity contribution < 1.29 is 22.7 Å². The van der Waals surface area contributed by atoms with Crippen molar-refractivity contribution in [1.82, 2.24) is 9.88 Å². The predicted octanol–water partition coefficient (Wildman–Crippen LogP) is 5.48. The van der Waals surface area contributed by atoms with E-state index in [-0.39, 0.29) is 17.6 Å². The van der Waals surface area contributed by atoms with Crippen LogP contribution in [0.2, 0.25) is 0 Å². The molecule has 0 unspecified atom stereocenters. The van der Waals surface area contributed by atoms with Crippen LogP contribution in [-0.4, -0.2) is 35.0 Å². The van der Waals surface area contributed by atoms with Crippen LogP contribution in [-0.2, 0) is 4.79 Å². The molecule has 8 heteroatoms. The Morgan fingerprint density at radius 3 is 2.72 bits per heavy atom. The van der Waals surface area contributed by atoms with E-state index >= 15 is 0 Å². The maximum absolute atomic E-state index is 14.6. The van der Waals surface area contributed by atoms with Crippen LogP contribution in [0.15, 0.2) is 48.7 Å². The zero-order valence-electron chi connectivity index (χ0n) is 17.8. The highest BCUT2D eigenvalue weighted by molar-refractivity contribution is 5.92. The molecular weight excluding hydrogens is 419 g/mol. The van der Waals surface area contributed by atoms with Gasteiger partial charge in [-0.25, -0.2) is 13.2 Å². The lowest BCUT2D eigenvalue weighted by atomic mass is 10.0. The Morgan fingerprint density at radius 1 is 1.22 bits per heavy atom. The van der Waals surface area contributed by atoms with Gasteiger partial charge in [-0.2, -0.15) is 0 Å². The van der Waals surface area contributed by atoms with Gasteiger partial charge in [0.05, 0.1) is 23.7 Å². The number of fused-ring (bicyclic) bond motifs is 1. The Bertz CT molecular complexity index is 1140. The number of carbonyl (C=O) groups is 1. The third-order valence-electron chi connectivity index (χ3n) is 5.74. The minimum absolute atomic E-state index is 0.0300. The number of hydrogen-bond donors (Lipinski definition) is 1. The Labute approximate surface area is 184 Å². The lowest BCUT2D eigenvalue weighted by molar-refractivity contribution is -0.128. The van der Waals surface area contributed by atoms with Crippen LogP contribution < -0.4 is 10.1 Å². The first-order valence-corrected chi connectivity index (χ1v) is 10.5. The molecule has 3 aromatic rings. The van der Waals surface area contributed by atoms with Gasteiger partial charge in [0, 0.05) is 42.7 Å². The third kappa shape index (κ3) is 4.49. The molecule has 2 aromatic carbocycles. The van der Waals surface area contributed by atoms with E-state index < -0.39 is 23.8 Å². The van der Waals surface area contributed by atoms with E-state index in [2.05, 4.69) is 10.3 Å². The molecule has 32 heavy (non-hydrogen) atoms. The maximum Gasteiger partial charge on any atom is 0.266 e. The molecule has 1 N–H and O–H groups in total. The average molecular weight is 443 g/mol. The van der Waals surface area contributed by atoms with Crippen LogP contribution in [0.25, 0.3) is 10.9 Å². The maximum atomic E-state index is 14.6. The van der Waals surface area contributed by atoms with E-state index in [1.807, 2.05) is 18.2 Å². The van der Waals surface area contributed by atoms with Gasteiger partial charge in [0.2, 0.25) is 5.91 Å². The number of benzene rings is 2. The zero-order chi connectivity index (χ0) is 22.8. The van der Waals surface area contributed by atoms with Crippen molar-refractivity contribution in [2.24, 2.45) is 0 Å². The van der Waals surface area contributed by atoms with Gasteiger partial charge in [-0.05, 0) is 31.2 Å². The number of ether oxygens (including phenoxy) is 1. The molecule has 0 aliphatic carbocycles. The van der Waals surface area contributed by atoms with Crippen LogP contribution in [0.1, 0.15) is 43.9 Å². The normalized spacial score (nSPS) is 17.1. The lowest BCUT2D eigenvalue weighted by Crippen LogP contribution is -2.28. The summed E-state index contributed by atoms with van der Waals surface area (Å²) in [5.41, 5.74) is 0.956. The van der Waals surface area contributed by atoms with Crippen molar-refractivity contribution >= 4 is 22.5 Å². The Kier molecular flexibility index (Phi) is 6.21. The SMILES string of the molecule is CC(=O)N1CC[C@H](Oc2ccc3nccc(N[C@H](C)c4cccc(C(F)F)c4F)c3c2)C1. The first-order chi connectivity index (χ1) is 15.3. The van der Waals surface area contributed by atoms with Gasteiger partial charge in [0.25, 0.3) is 6.43 Å². The first kappa shape index (κ1) is 21.9. The summed E-state index contributed by atoms with van der Waals surface area (Å²) in [7, 11) is 0. The molecule has 4 rings (SSSR count). The number of hydrogen-bond acceptors (Lipinski definition) is 4. The minimum atomic E-state index is -2.88.